The van der Waals surface area contributed by atoms with Crippen molar-refractivity contribution in [1.82, 2.24) is 14.8 Å². The summed E-state index contributed by atoms with van der Waals surface area (Å²) in [5, 5.41) is 5.64. The van der Waals surface area contributed by atoms with Crippen molar-refractivity contribution >= 4 is 22.5 Å². The molecule has 0 N–H and O–H groups in total. The zero-order valence-corrected chi connectivity index (χ0v) is 15.8. The summed E-state index contributed by atoms with van der Waals surface area (Å²) in [4.78, 5) is 18.4. The molecule has 0 fully saturated rings. The second kappa shape index (κ2) is 5.83. The van der Waals surface area contributed by atoms with Crippen LogP contribution in [0.3, 0.4) is 0 Å². The molecule has 1 aliphatic rings. The number of nitrogens with zero attached hydrogens (tertiary/aromatic N) is 4. The number of likely N-dealkylation sites (N-methyl/N-ethyl adjacent to an activating group) is 1. The highest BCUT2D eigenvalue weighted by molar-refractivity contribution is 6.01. The van der Waals surface area contributed by atoms with E-state index in [2.05, 4.69) is 31.9 Å². The summed E-state index contributed by atoms with van der Waals surface area (Å²) in [5.41, 5.74) is 6.88. The van der Waals surface area contributed by atoms with Gasteiger partial charge in [-0.05, 0) is 45.4 Å². The summed E-state index contributed by atoms with van der Waals surface area (Å²) >= 11 is 0. The van der Waals surface area contributed by atoms with Crippen LogP contribution in [0, 0.1) is 20.8 Å². The number of pyridine rings is 1. The van der Waals surface area contributed by atoms with Gasteiger partial charge in [0.2, 0.25) is 0 Å². The van der Waals surface area contributed by atoms with Crippen LogP contribution >= 0.6 is 0 Å². The third-order valence-electron chi connectivity index (χ3n) is 5.12. The third-order valence-corrected chi connectivity index (χ3v) is 5.12. The summed E-state index contributed by atoms with van der Waals surface area (Å²) in [5.74, 6) is 0.652. The van der Waals surface area contributed by atoms with E-state index in [0.29, 0.717) is 5.75 Å². The molecule has 0 unspecified atom stereocenters. The van der Waals surface area contributed by atoms with Crippen LogP contribution in [-0.4, -0.2) is 34.3 Å². The molecule has 6 heteroatoms. The van der Waals surface area contributed by atoms with Gasteiger partial charge in [-0.1, -0.05) is 0 Å². The largest absolute Gasteiger partial charge is 0.481 e. The molecule has 0 atom stereocenters. The Morgan fingerprint density at radius 1 is 1.19 bits per heavy atom. The Morgan fingerprint density at radius 2 is 1.96 bits per heavy atom. The molecule has 3 aromatic rings. The number of hydrogen-bond acceptors (Lipinski definition) is 4. The Kier molecular flexibility index (Phi) is 3.72. The molecule has 6 nitrogen and oxygen atoms in total. The molecule has 1 aromatic carbocycles. The van der Waals surface area contributed by atoms with Gasteiger partial charge in [-0.2, -0.15) is 5.10 Å². The number of rotatable bonds is 2. The molecule has 0 saturated carbocycles. The first-order valence-electron chi connectivity index (χ1n) is 8.79. The number of benzene rings is 1. The standard InChI is InChI=1S/C20H22N4O2/c1-6-24-13(4)20(12(3)22-24)16-7-11(2)14-8-17-18(9-15(14)21-16)26-10-19(25)23(17)5/h7-9H,6,10H2,1-5H3. The lowest BCUT2D eigenvalue weighted by atomic mass is 10.0. The van der Waals surface area contributed by atoms with Gasteiger partial charge >= 0.3 is 0 Å². The number of carbonyl (C=O) groups is 1. The molecule has 2 aromatic heterocycles. The first kappa shape index (κ1) is 16.6. The molecule has 0 spiro atoms. The van der Waals surface area contributed by atoms with Crippen molar-refractivity contribution in [2.24, 2.45) is 0 Å². The number of carbonyl (C=O) groups excluding carboxylic acids is 1. The predicted octanol–water partition coefficient (Wildman–Crippen LogP) is 3.40. The fourth-order valence-electron chi connectivity index (χ4n) is 3.66. The van der Waals surface area contributed by atoms with E-state index < -0.39 is 0 Å². The van der Waals surface area contributed by atoms with Gasteiger partial charge in [-0.15, -0.1) is 0 Å². The van der Waals surface area contributed by atoms with E-state index in [1.807, 2.05) is 23.7 Å². The average Bonchev–Trinajstić information content (AvgIpc) is 2.91. The Balaban J connectivity index is 1.93. The van der Waals surface area contributed by atoms with Gasteiger partial charge < -0.3 is 9.64 Å². The second-order valence-corrected chi connectivity index (χ2v) is 6.76. The topological polar surface area (TPSA) is 60.2 Å². The molecule has 26 heavy (non-hydrogen) atoms. The number of aromatic nitrogens is 3. The van der Waals surface area contributed by atoms with Gasteiger partial charge in [0.25, 0.3) is 5.91 Å². The SMILES string of the molecule is CCn1nc(C)c(-c2cc(C)c3cc4c(cc3n2)OCC(=O)N4C)c1C. The Hall–Kier alpha value is -2.89. The lowest BCUT2D eigenvalue weighted by Gasteiger charge is -2.26. The molecule has 1 amide bonds. The monoisotopic (exact) mass is 350 g/mol. The summed E-state index contributed by atoms with van der Waals surface area (Å²) in [6, 6.07) is 6.01. The molecular formula is C20H22N4O2. The van der Waals surface area contributed by atoms with Gasteiger partial charge in [0.05, 0.1) is 22.6 Å². The molecule has 1 aliphatic heterocycles. The van der Waals surface area contributed by atoms with Crippen LogP contribution < -0.4 is 9.64 Å². The van der Waals surface area contributed by atoms with Crippen LogP contribution in [0.25, 0.3) is 22.2 Å². The van der Waals surface area contributed by atoms with Gasteiger partial charge in [-0.3, -0.25) is 9.48 Å². The minimum absolute atomic E-state index is 0.0442. The lowest BCUT2D eigenvalue weighted by Crippen LogP contribution is -2.35. The minimum Gasteiger partial charge on any atom is -0.481 e. The average molecular weight is 350 g/mol. The zero-order valence-electron chi connectivity index (χ0n) is 15.8. The Morgan fingerprint density at radius 3 is 2.65 bits per heavy atom. The number of ether oxygens (including phenoxy) is 1. The summed E-state index contributed by atoms with van der Waals surface area (Å²) in [7, 11) is 1.78. The van der Waals surface area contributed by atoms with E-state index in [4.69, 9.17) is 9.72 Å². The van der Waals surface area contributed by atoms with Crippen LogP contribution in [0.5, 0.6) is 5.75 Å². The van der Waals surface area contributed by atoms with Crippen LogP contribution in [0.4, 0.5) is 5.69 Å². The predicted molar refractivity (Wildman–Crippen MR) is 102 cm³/mol. The quantitative estimate of drug-likeness (QED) is 0.711. The Labute approximate surface area is 152 Å². The van der Waals surface area contributed by atoms with E-state index in [9.17, 15) is 4.79 Å². The maximum absolute atomic E-state index is 11.9. The van der Waals surface area contributed by atoms with Gasteiger partial charge in [0, 0.05) is 36.3 Å². The van der Waals surface area contributed by atoms with Crippen LogP contribution in [0.15, 0.2) is 18.2 Å². The van der Waals surface area contributed by atoms with Crippen molar-refractivity contribution in [3.05, 3.63) is 35.2 Å². The van der Waals surface area contributed by atoms with E-state index >= 15 is 0 Å². The van der Waals surface area contributed by atoms with E-state index in [1.165, 1.54) is 0 Å². The number of amides is 1. The molecule has 0 radical (unpaired) electrons. The fourth-order valence-corrected chi connectivity index (χ4v) is 3.66. The van der Waals surface area contributed by atoms with Crippen molar-refractivity contribution in [1.29, 1.82) is 0 Å². The molecule has 0 aliphatic carbocycles. The van der Waals surface area contributed by atoms with Gasteiger partial charge in [0.15, 0.2) is 6.61 Å². The molecular weight excluding hydrogens is 328 g/mol. The highest BCUT2D eigenvalue weighted by Gasteiger charge is 2.24. The third kappa shape index (κ3) is 2.36. The Bertz CT molecular complexity index is 1050. The highest BCUT2D eigenvalue weighted by Crippen LogP contribution is 2.37. The van der Waals surface area contributed by atoms with Gasteiger partial charge in [-0.25, -0.2) is 4.98 Å². The zero-order chi connectivity index (χ0) is 18.6. The van der Waals surface area contributed by atoms with Crippen molar-refractivity contribution in [2.75, 3.05) is 18.6 Å². The van der Waals surface area contributed by atoms with Crippen molar-refractivity contribution in [3.63, 3.8) is 0 Å². The fraction of sp³-hybridized carbons (Fsp3) is 0.350. The van der Waals surface area contributed by atoms with Crippen molar-refractivity contribution in [2.45, 2.75) is 34.2 Å². The highest BCUT2D eigenvalue weighted by atomic mass is 16.5. The smallest absolute Gasteiger partial charge is 0.264 e. The first-order valence-corrected chi connectivity index (χ1v) is 8.79. The number of fused-ring (bicyclic) bond motifs is 2. The first-order chi connectivity index (χ1) is 12.4. The number of aryl methyl sites for hydroxylation is 3. The number of hydrogen-bond donors (Lipinski definition) is 0. The van der Waals surface area contributed by atoms with E-state index in [1.54, 1.807) is 11.9 Å². The minimum atomic E-state index is -0.0442. The van der Waals surface area contributed by atoms with Gasteiger partial charge in [0.1, 0.15) is 5.75 Å². The van der Waals surface area contributed by atoms with Crippen molar-refractivity contribution < 1.29 is 9.53 Å². The molecule has 134 valence electrons. The maximum Gasteiger partial charge on any atom is 0.264 e. The molecule has 3 heterocycles. The van der Waals surface area contributed by atoms with Crippen molar-refractivity contribution in [3.8, 4) is 17.0 Å². The molecule has 0 bridgehead atoms. The number of anilines is 1. The van der Waals surface area contributed by atoms with Crippen LogP contribution in [-0.2, 0) is 11.3 Å². The van der Waals surface area contributed by atoms with E-state index in [0.717, 1.165) is 51.3 Å². The molecule has 0 saturated heterocycles. The summed E-state index contributed by atoms with van der Waals surface area (Å²) in [6.07, 6.45) is 0. The summed E-state index contributed by atoms with van der Waals surface area (Å²) in [6.45, 7) is 9.16. The molecule has 4 rings (SSSR count). The second-order valence-electron chi connectivity index (χ2n) is 6.76. The maximum atomic E-state index is 11.9. The van der Waals surface area contributed by atoms with Crippen LogP contribution in [0.1, 0.15) is 23.9 Å². The normalized spacial score (nSPS) is 13.9. The van der Waals surface area contributed by atoms with Crippen LogP contribution in [0.2, 0.25) is 0 Å². The summed E-state index contributed by atoms with van der Waals surface area (Å²) < 4.78 is 7.62. The lowest BCUT2D eigenvalue weighted by molar-refractivity contribution is -0.120. The van der Waals surface area contributed by atoms with E-state index in [-0.39, 0.29) is 12.5 Å².